The Morgan fingerprint density at radius 2 is 1.97 bits per heavy atom. The Balaban J connectivity index is 1.57. The van der Waals surface area contributed by atoms with E-state index in [-0.39, 0.29) is 23.2 Å². The number of halogens is 1. The molecule has 2 aromatic carbocycles. The topological polar surface area (TPSA) is 48.1 Å². The van der Waals surface area contributed by atoms with Crippen LogP contribution in [-0.4, -0.2) is 23.0 Å². The lowest BCUT2D eigenvalue weighted by Gasteiger charge is -2.46. The summed E-state index contributed by atoms with van der Waals surface area (Å²) in [7, 11) is 0. The van der Waals surface area contributed by atoms with Crippen molar-refractivity contribution in [3.8, 4) is 0 Å². The van der Waals surface area contributed by atoms with Crippen molar-refractivity contribution in [3.05, 3.63) is 64.6 Å². The second kappa shape index (κ2) is 5.77. The second-order valence-corrected chi connectivity index (χ2v) is 10.0. The fourth-order valence-electron chi connectivity index (χ4n) is 7.26. The number of anilines is 1. The van der Waals surface area contributed by atoms with Gasteiger partial charge in [0.1, 0.15) is 5.82 Å². The first-order valence-electron chi connectivity index (χ1n) is 11.6. The van der Waals surface area contributed by atoms with Crippen molar-refractivity contribution >= 4 is 22.5 Å². The van der Waals surface area contributed by atoms with E-state index in [2.05, 4.69) is 34.3 Å². The Kier molecular flexibility index (Phi) is 3.34. The quantitative estimate of drug-likeness (QED) is 0.551. The summed E-state index contributed by atoms with van der Waals surface area (Å²) in [6.45, 7) is 2.90. The predicted molar refractivity (Wildman–Crippen MR) is 119 cm³/mol. The van der Waals surface area contributed by atoms with Crippen LogP contribution in [0.15, 0.2) is 36.4 Å². The van der Waals surface area contributed by atoms with Gasteiger partial charge in [-0.05, 0) is 60.9 Å². The lowest BCUT2D eigenvalue weighted by Crippen LogP contribution is -2.60. The van der Waals surface area contributed by atoms with Crippen LogP contribution in [-0.2, 0) is 16.8 Å². The number of rotatable bonds is 0. The van der Waals surface area contributed by atoms with Crippen LogP contribution >= 0.6 is 0 Å². The van der Waals surface area contributed by atoms with E-state index in [1.165, 1.54) is 10.9 Å². The maximum absolute atomic E-state index is 15.0. The van der Waals surface area contributed by atoms with Gasteiger partial charge in [-0.3, -0.25) is 10.1 Å². The molecule has 0 bridgehead atoms. The predicted octanol–water partition coefficient (Wildman–Crippen LogP) is 4.86. The van der Waals surface area contributed by atoms with Crippen LogP contribution < -0.4 is 10.2 Å². The molecule has 0 saturated heterocycles. The number of nitrogens with zero attached hydrogens (tertiary/aromatic N) is 1. The number of carbonyl (C=O) groups excluding carboxylic acids is 1. The van der Waals surface area contributed by atoms with Crippen LogP contribution in [0, 0.1) is 5.82 Å². The van der Waals surface area contributed by atoms with Crippen molar-refractivity contribution in [1.29, 1.82) is 0 Å². The van der Waals surface area contributed by atoms with Gasteiger partial charge >= 0.3 is 0 Å². The third kappa shape index (κ3) is 2.02. The van der Waals surface area contributed by atoms with Crippen LogP contribution in [0.1, 0.15) is 67.3 Å². The van der Waals surface area contributed by atoms with Gasteiger partial charge in [-0.2, -0.15) is 0 Å². The Bertz CT molecular complexity index is 1270. The van der Waals surface area contributed by atoms with Crippen LogP contribution in [0.3, 0.4) is 0 Å². The number of benzene rings is 2. The molecule has 2 spiro atoms. The second-order valence-electron chi connectivity index (χ2n) is 10.0. The molecule has 1 aromatic heterocycles. The number of fused-ring (bicyclic) bond motifs is 6. The summed E-state index contributed by atoms with van der Waals surface area (Å²) >= 11 is 0. The first-order valence-corrected chi connectivity index (χ1v) is 11.6. The van der Waals surface area contributed by atoms with Crippen molar-refractivity contribution in [3.63, 3.8) is 0 Å². The highest BCUT2D eigenvalue weighted by Crippen LogP contribution is 2.59. The Hall–Kier alpha value is -2.66. The maximum atomic E-state index is 15.0. The number of aromatic amines is 1. The molecule has 0 radical (unpaired) electrons. The molecule has 4 nitrogen and oxygen atoms in total. The van der Waals surface area contributed by atoms with Crippen LogP contribution in [0.4, 0.5) is 10.1 Å². The third-order valence-electron chi connectivity index (χ3n) is 8.44. The van der Waals surface area contributed by atoms with Crippen molar-refractivity contribution in [2.45, 2.75) is 62.4 Å². The van der Waals surface area contributed by atoms with Gasteiger partial charge in [-0.1, -0.05) is 38.0 Å². The van der Waals surface area contributed by atoms with E-state index >= 15 is 0 Å². The summed E-state index contributed by atoms with van der Waals surface area (Å²) in [4.78, 5) is 20.2. The molecular formula is C26H26FN3O. The average molecular weight is 416 g/mol. The van der Waals surface area contributed by atoms with Crippen molar-refractivity contribution in [2.75, 3.05) is 11.4 Å². The molecule has 5 heteroatoms. The van der Waals surface area contributed by atoms with E-state index < -0.39 is 5.54 Å². The minimum atomic E-state index is -1.03. The van der Waals surface area contributed by atoms with Crippen LogP contribution in [0.25, 0.3) is 10.9 Å². The zero-order chi connectivity index (χ0) is 21.0. The van der Waals surface area contributed by atoms with Gasteiger partial charge in [-0.15, -0.1) is 0 Å². The summed E-state index contributed by atoms with van der Waals surface area (Å²) < 4.78 is 15.0. The number of aromatic nitrogens is 1. The molecule has 31 heavy (non-hydrogen) atoms. The molecule has 1 aliphatic carbocycles. The molecule has 1 saturated carbocycles. The van der Waals surface area contributed by atoms with Crippen molar-refractivity contribution < 1.29 is 9.18 Å². The first kappa shape index (κ1) is 18.0. The van der Waals surface area contributed by atoms with E-state index in [1.54, 1.807) is 12.1 Å². The minimum Gasteiger partial charge on any atom is -0.356 e. The van der Waals surface area contributed by atoms with Gasteiger partial charge in [0.25, 0.3) is 5.91 Å². The van der Waals surface area contributed by atoms with Gasteiger partial charge < -0.3 is 9.88 Å². The molecule has 1 fully saturated rings. The number of amides is 1. The monoisotopic (exact) mass is 415 g/mol. The molecule has 3 aliphatic heterocycles. The molecule has 2 N–H and O–H groups in total. The number of para-hydroxylation sites is 1. The highest BCUT2D eigenvalue weighted by atomic mass is 19.1. The molecular weight excluding hydrogens is 389 g/mol. The highest BCUT2D eigenvalue weighted by Gasteiger charge is 2.62. The Morgan fingerprint density at radius 3 is 2.81 bits per heavy atom. The standard InChI is InChI=1S/C26H26FN3O/c1-15-14-25(9-4-5-10-25)30-22-19(15)12-16(27)13-20(22)26(24(30)31)23-18(8-11-28-26)17-6-2-3-7-21(17)29-23/h2-3,6-7,12-13,15,28-29H,4-5,8-11,14H2,1H3/t15-,26-/m1/s1. The number of carbonyl (C=O) groups is 1. The van der Waals surface area contributed by atoms with E-state index in [1.807, 2.05) is 12.1 Å². The fraction of sp³-hybridized carbons (Fsp3) is 0.423. The fourth-order valence-corrected chi connectivity index (χ4v) is 7.26. The largest absolute Gasteiger partial charge is 0.356 e. The summed E-state index contributed by atoms with van der Waals surface area (Å²) in [5.41, 5.74) is 4.75. The van der Waals surface area contributed by atoms with Crippen LogP contribution in [0.5, 0.6) is 0 Å². The number of hydrogen-bond acceptors (Lipinski definition) is 2. The molecule has 4 aliphatic rings. The summed E-state index contributed by atoms with van der Waals surface area (Å²) in [6.07, 6.45) is 6.16. The van der Waals surface area contributed by atoms with Gasteiger partial charge in [0.2, 0.25) is 0 Å². The van der Waals surface area contributed by atoms with E-state index in [0.29, 0.717) is 6.54 Å². The van der Waals surface area contributed by atoms with E-state index in [9.17, 15) is 9.18 Å². The zero-order valence-corrected chi connectivity index (χ0v) is 17.7. The third-order valence-corrected chi connectivity index (χ3v) is 8.44. The van der Waals surface area contributed by atoms with Crippen molar-refractivity contribution in [2.24, 2.45) is 0 Å². The SMILES string of the molecule is C[C@@H]1CC2(CCCC2)N2C(=O)[C@@]3(NCCc4c3[nH]c3ccccc43)c3cc(F)cc1c32. The Morgan fingerprint density at radius 1 is 1.16 bits per heavy atom. The lowest BCUT2D eigenvalue weighted by atomic mass is 9.77. The molecule has 0 unspecified atom stereocenters. The van der Waals surface area contributed by atoms with Gasteiger partial charge in [0, 0.05) is 28.6 Å². The maximum Gasteiger partial charge on any atom is 0.258 e. The zero-order valence-electron chi connectivity index (χ0n) is 17.7. The number of hydrogen-bond donors (Lipinski definition) is 2. The Labute approximate surface area is 180 Å². The molecule has 4 heterocycles. The average Bonchev–Trinajstić information content (AvgIpc) is 3.44. The van der Waals surface area contributed by atoms with Gasteiger partial charge in [0.15, 0.2) is 5.54 Å². The molecule has 7 rings (SSSR count). The molecule has 158 valence electrons. The van der Waals surface area contributed by atoms with Crippen LogP contribution in [0.2, 0.25) is 0 Å². The van der Waals surface area contributed by atoms with E-state index in [0.717, 1.165) is 66.5 Å². The minimum absolute atomic E-state index is 0.0793. The molecule has 2 atom stereocenters. The first-order chi connectivity index (χ1) is 15.1. The van der Waals surface area contributed by atoms with Gasteiger partial charge in [-0.25, -0.2) is 4.39 Å². The smallest absolute Gasteiger partial charge is 0.258 e. The number of nitrogens with one attached hydrogen (secondary N) is 2. The summed E-state index contributed by atoms with van der Waals surface area (Å²) in [5.74, 6) is 0.0743. The highest BCUT2D eigenvalue weighted by molar-refractivity contribution is 6.13. The summed E-state index contributed by atoms with van der Waals surface area (Å²) in [6, 6.07) is 11.5. The summed E-state index contributed by atoms with van der Waals surface area (Å²) in [5, 5.41) is 4.76. The van der Waals surface area contributed by atoms with E-state index in [4.69, 9.17) is 0 Å². The normalized spacial score (nSPS) is 28.0. The number of H-pyrrole nitrogens is 1. The molecule has 3 aromatic rings. The van der Waals surface area contributed by atoms with Gasteiger partial charge in [0.05, 0.1) is 11.4 Å². The lowest BCUT2D eigenvalue weighted by molar-refractivity contribution is -0.124. The molecule has 1 amide bonds. The van der Waals surface area contributed by atoms with Crippen molar-refractivity contribution in [1.82, 2.24) is 10.3 Å².